The zero-order chi connectivity index (χ0) is 11.7. The van der Waals surface area contributed by atoms with Gasteiger partial charge in [0.05, 0.1) is 5.69 Å². The predicted octanol–water partition coefficient (Wildman–Crippen LogP) is 5.21. The summed E-state index contributed by atoms with van der Waals surface area (Å²) in [5.41, 5.74) is 3.51. The maximum Gasteiger partial charge on any atom is 0.160 e. The van der Waals surface area contributed by atoms with Crippen molar-refractivity contribution in [2.24, 2.45) is 0 Å². The Morgan fingerprint density at radius 2 is 2.06 bits per heavy atom. The molecule has 1 heterocycles. The Bertz CT molecular complexity index is 520. The Morgan fingerprint density at radius 1 is 1.31 bits per heavy atom. The molecular weight excluding hydrogens is 350 g/mol. The molecule has 2 aromatic rings. The van der Waals surface area contributed by atoms with Crippen LogP contribution in [0.1, 0.15) is 17.4 Å². The number of rotatable bonds is 2. The molecule has 84 valence electrons. The van der Waals surface area contributed by atoms with E-state index in [0.717, 1.165) is 20.5 Å². The molecule has 0 N–H and O–H groups in total. The van der Waals surface area contributed by atoms with Crippen molar-refractivity contribution in [3.8, 4) is 11.3 Å². The monoisotopic (exact) mass is 359 g/mol. The van der Waals surface area contributed by atoms with E-state index < -0.39 is 0 Å². The van der Waals surface area contributed by atoms with Crippen molar-refractivity contribution < 1.29 is 0 Å². The molecule has 0 atom stereocenters. The van der Waals surface area contributed by atoms with Gasteiger partial charge < -0.3 is 0 Å². The summed E-state index contributed by atoms with van der Waals surface area (Å²) in [6.45, 7) is 4.25. The van der Waals surface area contributed by atoms with Gasteiger partial charge in [-0.25, -0.2) is 4.98 Å². The quantitative estimate of drug-likeness (QED) is 0.716. The van der Waals surface area contributed by atoms with Crippen LogP contribution in [0.25, 0.3) is 11.3 Å². The third kappa shape index (κ3) is 2.39. The van der Waals surface area contributed by atoms with Crippen molar-refractivity contribution in [1.82, 2.24) is 4.98 Å². The Kier molecular flexibility index (Phi) is 3.82. The van der Waals surface area contributed by atoms with Crippen molar-refractivity contribution in [2.75, 3.05) is 0 Å². The molecule has 0 aliphatic carbocycles. The van der Waals surface area contributed by atoms with E-state index >= 15 is 0 Å². The third-order valence-corrected chi connectivity index (χ3v) is 4.68. The number of aryl methyl sites for hydroxylation is 2. The van der Waals surface area contributed by atoms with Gasteiger partial charge >= 0.3 is 0 Å². The summed E-state index contributed by atoms with van der Waals surface area (Å²) in [7, 11) is 0. The Balaban J connectivity index is 2.57. The summed E-state index contributed by atoms with van der Waals surface area (Å²) in [5, 5.41) is 0. The predicted molar refractivity (Wildman–Crippen MR) is 77.1 cm³/mol. The number of aromatic nitrogens is 1. The first-order chi connectivity index (χ1) is 7.61. The van der Waals surface area contributed by atoms with Crippen LogP contribution in [-0.2, 0) is 6.42 Å². The van der Waals surface area contributed by atoms with Gasteiger partial charge in [0.2, 0.25) is 0 Å². The number of hydrogen-bond acceptors (Lipinski definition) is 2. The highest BCUT2D eigenvalue weighted by Gasteiger charge is 2.12. The van der Waals surface area contributed by atoms with Crippen LogP contribution < -0.4 is 0 Å². The number of nitrogens with zero attached hydrogens (tertiary/aromatic N) is 1. The molecule has 0 saturated carbocycles. The maximum absolute atomic E-state index is 4.55. The minimum Gasteiger partial charge on any atom is -0.229 e. The van der Waals surface area contributed by atoms with Crippen molar-refractivity contribution >= 4 is 43.2 Å². The van der Waals surface area contributed by atoms with Crippen LogP contribution in [0.15, 0.2) is 26.6 Å². The first kappa shape index (κ1) is 12.3. The largest absolute Gasteiger partial charge is 0.229 e. The fraction of sp³-hybridized carbons (Fsp3) is 0.250. The molecule has 1 aromatic carbocycles. The van der Waals surface area contributed by atoms with Crippen molar-refractivity contribution in [2.45, 2.75) is 20.3 Å². The minimum absolute atomic E-state index is 0.951. The molecular formula is C12H11Br2NS. The minimum atomic E-state index is 0.951. The molecule has 2 rings (SSSR count). The summed E-state index contributed by atoms with van der Waals surface area (Å²) >= 11 is 8.76. The van der Waals surface area contributed by atoms with E-state index in [4.69, 9.17) is 0 Å². The van der Waals surface area contributed by atoms with Crippen molar-refractivity contribution in [3.63, 3.8) is 0 Å². The first-order valence-electron chi connectivity index (χ1n) is 5.03. The molecule has 0 aliphatic rings. The lowest BCUT2D eigenvalue weighted by atomic mass is 10.1. The van der Waals surface area contributed by atoms with E-state index in [1.807, 2.05) is 0 Å². The van der Waals surface area contributed by atoms with Gasteiger partial charge in [-0.15, -0.1) is 11.3 Å². The fourth-order valence-corrected chi connectivity index (χ4v) is 3.77. The summed E-state index contributed by atoms with van der Waals surface area (Å²) < 4.78 is 2.06. The molecule has 0 fully saturated rings. The lowest BCUT2D eigenvalue weighted by molar-refractivity contribution is 1.17. The highest BCUT2D eigenvalue weighted by molar-refractivity contribution is 9.11. The maximum atomic E-state index is 4.55. The summed E-state index contributed by atoms with van der Waals surface area (Å²) in [4.78, 5) is 5.86. The van der Waals surface area contributed by atoms with Crippen LogP contribution in [0.5, 0.6) is 0 Å². The molecule has 16 heavy (non-hydrogen) atoms. The Hall–Kier alpha value is -0.190. The average Bonchev–Trinajstić information content (AvgIpc) is 2.59. The topological polar surface area (TPSA) is 12.9 Å². The summed E-state index contributed by atoms with van der Waals surface area (Å²) in [5.74, 6) is 0. The van der Waals surface area contributed by atoms with Crippen LogP contribution in [0.3, 0.4) is 0 Å². The van der Waals surface area contributed by atoms with E-state index in [1.54, 1.807) is 11.3 Å². The third-order valence-electron chi connectivity index (χ3n) is 2.37. The SMILES string of the molecule is CCc1sc(Br)nc1-c1ccc(C)cc1Br. The molecule has 0 saturated heterocycles. The normalized spacial score (nSPS) is 10.8. The van der Waals surface area contributed by atoms with E-state index in [-0.39, 0.29) is 0 Å². The van der Waals surface area contributed by atoms with Crippen molar-refractivity contribution in [1.29, 1.82) is 0 Å². The molecule has 0 radical (unpaired) electrons. The fourth-order valence-electron chi connectivity index (χ4n) is 1.59. The van der Waals surface area contributed by atoms with Gasteiger partial charge in [-0.1, -0.05) is 35.0 Å². The van der Waals surface area contributed by atoms with Crippen LogP contribution in [-0.4, -0.2) is 4.98 Å². The molecule has 0 bridgehead atoms. The second-order valence-electron chi connectivity index (χ2n) is 3.58. The van der Waals surface area contributed by atoms with Gasteiger partial charge in [-0.2, -0.15) is 0 Å². The van der Waals surface area contributed by atoms with E-state index in [2.05, 4.69) is 68.9 Å². The summed E-state index contributed by atoms with van der Waals surface area (Å²) in [6.07, 6.45) is 1.01. The van der Waals surface area contributed by atoms with E-state index in [9.17, 15) is 0 Å². The van der Waals surface area contributed by atoms with Gasteiger partial charge in [-0.05, 0) is 40.9 Å². The lowest BCUT2D eigenvalue weighted by Crippen LogP contribution is -1.86. The summed E-state index contributed by atoms with van der Waals surface area (Å²) in [6, 6.07) is 6.37. The van der Waals surface area contributed by atoms with Gasteiger partial charge in [0.25, 0.3) is 0 Å². The van der Waals surface area contributed by atoms with Crippen molar-refractivity contribution in [3.05, 3.63) is 37.0 Å². The Labute approximate surface area is 116 Å². The van der Waals surface area contributed by atoms with Gasteiger partial charge in [0, 0.05) is 14.9 Å². The molecule has 1 nitrogen and oxygen atoms in total. The molecule has 1 aromatic heterocycles. The lowest BCUT2D eigenvalue weighted by Gasteiger charge is -2.04. The van der Waals surface area contributed by atoms with Gasteiger partial charge in [0.1, 0.15) is 0 Å². The number of thiazole rings is 1. The average molecular weight is 361 g/mol. The van der Waals surface area contributed by atoms with Crippen LogP contribution in [0.2, 0.25) is 0 Å². The zero-order valence-corrected chi connectivity index (χ0v) is 13.0. The Morgan fingerprint density at radius 3 is 2.69 bits per heavy atom. The van der Waals surface area contributed by atoms with E-state index in [1.165, 1.54) is 16.0 Å². The van der Waals surface area contributed by atoms with Crippen LogP contribution in [0, 0.1) is 6.92 Å². The number of benzene rings is 1. The van der Waals surface area contributed by atoms with Crippen LogP contribution in [0.4, 0.5) is 0 Å². The molecule has 0 amide bonds. The van der Waals surface area contributed by atoms with E-state index in [0.29, 0.717) is 0 Å². The van der Waals surface area contributed by atoms with Gasteiger partial charge in [-0.3, -0.25) is 0 Å². The molecule has 0 aliphatic heterocycles. The second-order valence-corrected chi connectivity index (χ2v) is 6.79. The standard InChI is InChI=1S/C12H11Br2NS/c1-3-10-11(15-12(14)16-10)8-5-4-7(2)6-9(8)13/h4-6H,3H2,1-2H3. The zero-order valence-electron chi connectivity index (χ0n) is 9.05. The first-order valence-corrected chi connectivity index (χ1v) is 7.43. The molecule has 4 heteroatoms. The molecule has 0 spiro atoms. The second kappa shape index (κ2) is 4.98. The van der Waals surface area contributed by atoms with Crippen LogP contribution >= 0.6 is 43.2 Å². The number of halogens is 2. The smallest absolute Gasteiger partial charge is 0.160 e. The highest BCUT2D eigenvalue weighted by Crippen LogP contribution is 2.35. The highest BCUT2D eigenvalue weighted by atomic mass is 79.9. The van der Waals surface area contributed by atoms with Gasteiger partial charge in [0.15, 0.2) is 3.92 Å². The molecule has 0 unspecified atom stereocenters. The number of hydrogen-bond donors (Lipinski definition) is 0.